The Morgan fingerprint density at radius 2 is 2.06 bits per heavy atom. The molecule has 0 atom stereocenters. The molecule has 4 nitrogen and oxygen atoms in total. The number of carbonyl (C=O) groups excluding carboxylic acids is 1. The topological polar surface area (TPSA) is 58.4 Å². The SMILES string of the molecule is CCCC1(N)CN(C(=O)NCc2ccccc2)C1. The molecule has 1 heterocycles. The van der Waals surface area contributed by atoms with Crippen LogP contribution in [0.1, 0.15) is 25.3 Å². The van der Waals surface area contributed by atoms with E-state index >= 15 is 0 Å². The van der Waals surface area contributed by atoms with Crippen LogP contribution in [0.2, 0.25) is 0 Å². The summed E-state index contributed by atoms with van der Waals surface area (Å²) in [6.07, 6.45) is 2.05. The summed E-state index contributed by atoms with van der Waals surface area (Å²) in [5, 5.41) is 2.91. The molecule has 0 saturated carbocycles. The summed E-state index contributed by atoms with van der Waals surface area (Å²) < 4.78 is 0. The van der Waals surface area contributed by atoms with Gasteiger partial charge >= 0.3 is 6.03 Å². The Hall–Kier alpha value is -1.55. The lowest BCUT2D eigenvalue weighted by atomic mass is 9.87. The van der Waals surface area contributed by atoms with Gasteiger partial charge in [-0.3, -0.25) is 0 Å². The second-order valence-electron chi connectivity index (χ2n) is 5.11. The first-order valence-electron chi connectivity index (χ1n) is 6.48. The number of urea groups is 1. The van der Waals surface area contributed by atoms with Gasteiger partial charge in [-0.05, 0) is 12.0 Å². The molecule has 1 aliphatic heterocycles. The Morgan fingerprint density at radius 3 is 2.67 bits per heavy atom. The maximum Gasteiger partial charge on any atom is 0.317 e. The molecule has 1 fully saturated rings. The van der Waals surface area contributed by atoms with Crippen molar-refractivity contribution in [2.75, 3.05) is 13.1 Å². The van der Waals surface area contributed by atoms with E-state index < -0.39 is 0 Å². The Bertz CT molecular complexity index is 399. The van der Waals surface area contributed by atoms with Gasteiger partial charge in [0.1, 0.15) is 0 Å². The quantitative estimate of drug-likeness (QED) is 0.851. The van der Waals surface area contributed by atoms with Crippen molar-refractivity contribution < 1.29 is 4.79 Å². The van der Waals surface area contributed by atoms with Crippen LogP contribution in [0.4, 0.5) is 4.79 Å². The van der Waals surface area contributed by atoms with Crippen molar-refractivity contribution in [1.29, 1.82) is 0 Å². The molecule has 0 unspecified atom stereocenters. The third kappa shape index (κ3) is 3.01. The minimum atomic E-state index is -0.154. The average Bonchev–Trinajstić information content (AvgIpc) is 2.34. The third-order valence-corrected chi connectivity index (χ3v) is 3.33. The number of nitrogens with zero attached hydrogens (tertiary/aromatic N) is 1. The first kappa shape index (κ1) is 12.9. The van der Waals surface area contributed by atoms with E-state index in [0.29, 0.717) is 19.6 Å². The summed E-state index contributed by atoms with van der Waals surface area (Å²) in [4.78, 5) is 13.6. The fourth-order valence-corrected chi connectivity index (χ4v) is 2.40. The number of benzene rings is 1. The lowest BCUT2D eigenvalue weighted by Crippen LogP contribution is -2.69. The van der Waals surface area contributed by atoms with Crippen molar-refractivity contribution in [2.45, 2.75) is 31.8 Å². The van der Waals surface area contributed by atoms with Gasteiger partial charge in [0.25, 0.3) is 0 Å². The van der Waals surface area contributed by atoms with Gasteiger partial charge in [0.15, 0.2) is 0 Å². The molecule has 0 aliphatic carbocycles. The first-order valence-corrected chi connectivity index (χ1v) is 6.48. The average molecular weight is 247 g/mol. The van der Waals surface area contributed by atoms with Gasteiger partial charge in [-0.2, -0.15) is 0 Å². The van der Waals surface area contributed by atoms with Crippen LogP contribution in [0, 0.1) is 0 Å². The van der Waals surface area contributed by atoms with E-state index in [4.69, 9.17) is 5.73 Å². The molecular weight excluding hydrogens is 226 g/mol. The predicted octanol–water partition coefficient (Wildman–Crippen LogP) is 1.71. The van der Waals surface area contributed by atoms with Crippen LogP contribution < -0.4 is 11.1 Å². The van der Waals surface area contributed by atoms with Crippen LogP contribution in [0.15, 0.2) is 30.3 Å². The summed E-state index contributed by atoms with van der Waals surface area (Å²) in [6.45, 7) is 4.02. The molecule has 0 bridgehead atoms. The Kier molecular flexibility index (Phi) is 3.87. The van der Waals surface area contributed by atoms with Gasteiger partial charge in [-0.25, -0.2) is 4.79 Å². The Labute approximate surface area is 108 Å². The van der Waals surface area contributed by atoms with Crippen molar-refractivity contribution >= 4 is 6.03 Å². The first-order chi connectivity index (χ1) is 8.63. The fraction of sp³-hybridized carbons (Fsp3) is 0.500. The molecule has 1 aromatic rings. The molecule has 3 N–H and O–H groups in total. The zero-order valence-corrected chi connectivity index (χ0v) is 10.9. The highest BCUT2D eigenvalue weighted by Crippen LogP contribution is 2.22. The van der Waals surface area contributed by atoms with E-state index in [2.05, 4.69) is 12.2 Å². The highest BCUT2D eigenvalue weighted by Gasteiger charge is 2.40. The second kappa shape index (κ2) is 5.40. The smallest absolute Gasteiger partial charge is 0.317 e. The molecule has 1 saturated heterocycles. The molecule has 1 aromatic carbocycles. The maximum atomic E-state index is 11.8. The highest BCUT2D eigenvalue weighted by molar-refractivity contribution is 5.75. The molecule has 0 radical (unpaired) electrons. The number of carbonyl (C=O) groups is 1. The van der Waals surface area contributed by atoms with Gasteiger partial charge in [-0.15, -0.1) is 0 Å². The number of likely N-dealkylation sites (tertiary alicyclic amines) is 1. The standard InChI is InChI=1S/C14H21N3O/c1-2-8-14(15)10-17(11-14)13(18)16-9-12-6-4-3-5-7-12/h3-7H,2,8-11,15H2,1H3,(H,16,18). The van der Waals surface area contributed by atoms with Crippen molar-refractivity contribution in [1.82, 2.24) is 10.2 Å². The zero-order valence-electron chi connectivity index (χ0n) is 10.9. The summed E-state index contributed by atoms with van der Waals surface area (Å²) in [6, 6.07) is 9.89. The van der Waals surface area contributed by atoms with Crippen molar-refractivity contribution in [3.8, 4) is 0 Å². The highest BCUT2D eigenvalue weighted by atomic mass is 16.2. The van der Waals surface area contributed by atoms with E-state index in [1.807, 2.05) is 30.3 Å². The summed E-state index contributed by atoms with van der Waals surface area (Å²) in [5.41, 5.74) is 7.08. The minimum absolute atomic E-state index is 0.0176. The monoisotopic (exact) mass is 247 g/mol. The van der Waals surface area contributed by atoms with E-state index in [1.165, 1.54) is 0 Å². The third-order valence-electron chi connectivity index (χ3n) is 3.33. The van der Waals surface area contributed by atoms with E-state index in [1.54, 1.807) is 4.90 Å². The van der Waals surface area contributed by atoms with Gasteiger partial charge in [0.05, 0.1) is 5.54 Å². The number of nitrogens with one attached hydrogen (secondary N) is 1. The van der Waals surface area contributed by atoms with E-state index in [0.717, 1.165) is 18.4 Å². The molecule has 2 amide bonds. The molecule has 98 valence electrons. The number of hydrogen-bond donors (Lipinski definition) is 2. The zero-order chi connectivity index (χ0) is 13.0. The van der Waals surface area contributed by atoms with Gasteiger partial charge in [0, 0.05) is 19.6 Å². The number of rotatable bonds is 4. The number of nitrogens with two attached hydrogens (primary N) is 1. The van der Waals surface area contributed by atoms with Crippen LogP contribution in [0.3, 0.4) is 0 Å². The van der Waals surface area contributed by atoms with Crippen LogP contribution in [0.5, 0.6) is 0 Å². The van der Waals surface area contributed by atoms with Gasteiger partial charge in [0.2, 0.25) is 0 Å². The van der Waals surface area contributed by atoms with Crippen LogP contribution in [-0.4, -0.2) is 29.6 Å². The minimum Gasteiger partial charge on any atom is -0.334 e. The summed E-state index contributed by atoms with van der Waals surface area (Å²) in [7, 11) is 0. The lowest BCUT2D eigenvalue weighted by Gasteiger charge is -2.47. The van der Waals surface area contributed by atoms with Crippen molar-refractivity contribution in [3.63, 3.8) is 0 Å². The summed E-state index contributed by atoms with van der Waals surface area (Å²) in [5.74, 6) is 0. The predicted molar refractivity (Wildman–Crippen MR) is 72.1 cm³/mol. The van der Waals surface area contributed by atoms with Crippen LogP contribution in [-0.2, 0) is 6.54 Å². The molecule has 0 aromatic heterocycles. The molecular formula is C14H21N3O. The van der Waals surface area contributed by atoms with Crippen LogP contribution >= 0.6 is 0 Å². The maximum absolute atomic E-state index is 11.8. The fourth-order valence-electron chi connectivity index (χ4n) is 2.40. The largest absolute Gasteiger partial charge is 0.334 e. The number of hydrogen-bond acceptors (Lipinski definition) is 2. The van der Waals surface area contributed by atoms with E-state index in [-0.39, 0.29) is 11.6 Å². The van der Waals surface area contributed by atoms with Gasteiger partial charge in [-0.1, -0.05) is 43.7 Å². The molecule has 1 aliphatic rings. The molecule has 2 rings (SSSR count). The molecule has 4 heteroatoms. The summed E-state index contributed by atoms with van der Waals surface area (Å²) >= 11 is 0. The Balaban J connectivity index is 1.74. The lowest BCUT2D eigenvalue weighted by molar-refractivity contribution is 0.0896. The van der Waals surface area contributed by atoms with E-state index in [9.17, 15) is 4.79 Å². The van der Waals surface area contributed by atoms with Gasteiger partial charge < -0.3 is 16.0 Å². The molecule has 18 heavy (non-hydrogen) atoms. The van der Waals surface area contributed by atoms with Crippen molar-refractivity contribution in [2.24, 2.45) is 5.73 Å². The number of amides is 2. The second-order valence-corrected chi connectivity index (χ2v) is 5.11. The Morgan fingerprint density at radius 1 is 1.39 bits per heavy atom. The normalized spacial score (nSPS) is 17.1. The van der Waals surface area contributed by atoms with Crippen molar-refractivity contribution in [3.05, 3.63) is 35.9 Å². The van der Waals surface area contributed by atoms with Crippen LogP contribution in [0.25, 0.3) is 0 Å². The molecule has 0 spiro atoms.